The molecule has 1 nitrogen and oxygen atoms in total. The number of allylic oxidation sites excluding steroid dienone is 3. The van der Waals surface area contributed by atoms with Gasteiger partial charge in [0.2, 0.25) is 0 Å². The summed E-state index contributed by atoms with van der Waals surface area (Å²) in [4.78, 5) is 0. The molecule has 0 N–H and O–H groups in total. The lowest BCUT2D eigenvalue weighted by molar-refractivity contribution is 0.294. The van der Waals surface area contributed by atoms with Crippen LogP contribution in [0, 0.1) is 5.92 Å². The van der Waals surface area contributed by atoms with Gasteiger partial charge in [-0.25, -0.2) is 0 Å². The van der Waals surface area contributed by atoms with Crippen molar-refractivity contribution in [3.05, 3.63) is 23.5 Å². The van der Waals surface area contributed by atoms with E-state index in [1.807, 2.05) is 0 Å². The number of rotatable bonds is 2. The lowest BCUT2D eigenvalue weighted by Gasteiger charge is -2.17. The average molecular weight is 152 g/mol. The third-order valence-electron chi connectivity index (χ3n) is 2.08. The predicted octanol–water partition coefficient (Wildman–Crippen LogP) is 2.89. The van der Waals surface area contributed by atoms with Crippen LogP contribution in [-0.2, 0) is 4.74 Å². The first kappa shape index (κ1) is 8.38. The number of ether oxygens (including phenoxy) is 1. The van der Waals surface area contributed by atoms with Crippen LogP contribution in [0.3, 0.4) is 0 Å². The van der Waals surface area contributed by atoms with E-state index < -0.39 is 0 Å². The molecule has 0 saturated heterocycles. The molecule has 62 valence electrons. The van der Waals surface area contributed by atoms with Crippen molar-refractivity contribution in [1.82, 2.24) is 0 Å². The molecule has 0 fully saturated rings. The van der Waals surface area contributed by atoms with Gasteiger partial charge in [-0.1, -0.05) is 19.9 Å². The highest BCUT2D eigenvalue weighted by Gasteiger charge is 2.11. The third kappa shape index (κ3) is 1.86. The van der Waals surface area contributed by atoms with E-state index in [2.05, 4.69) is 26.0 Å². The number of hydrogen-bond acceptors (Lipinski definition) is 1. The minimum Gasteiger partial charge on any atom is -0.497 e. The van der Waals surface area contributed by atoms with Crippen LogP contribution in [0.15, 0.2) is 23.5 Å². The number of hydrogen-bond donors (Lipinski definition) is 0. The molecule has 0 unspecified atom stereocenters. The zero-order valence-corrected chi connectivity index (χ0v) is 7.55. The third-order valence-corrected chi connectivity index (χ3v) is 2.08. The molecule has 1 rings (SSSR count). The predicted molar refractivity (Wildman–Crippen MR) is 47.2 cm³/mol. The Morgan fingerprint density at radius 2 is 2.18 bits per heavy atom. The molecule has 11 heavy (non-hydrogen) atoms. The van der Waals surface area contributed by atoms with Crippen molar-refractivity contribution in [2.24, 2.45) is 5.92 Å². The molecule has 0 bridgehead atoms. The molecule has 0 saturated carbocycles. The van der Waals surface area contributed by atoms with Crippen LogP contribution < -0.4 is 0 Å². The summed E-state index contributed by atoms with van der Waals surface area (Å²) in [6, 6.07) is 0. The normalized spacial score (nSPS) is 17.8. The first-order valence-corrected chi connectivity index (χ1v) is 4.19. The zero-order chi connectivity index (χ0) is 8.27. The molecule has 1 aliphatic rings. The van der Waals surface area contributed by atoms with Gasteiger partial charge in [0.15, 0.2) is 0 Å². The van der Waals surface area contributed by atoms with Gasteiger partial charge < -0.3 is 4.74 Å². The molecule has 0 aliphatic heterocycles. The van der Waals surface area contributed by atoms with Crippen molar-refractivity contribution in [3.8, 4) is 0 Å². The Labute approximate surface area is 68.8 Å². The molecule has 0 aromatic carbocycles. The van der Waals surface area contributed by atoms with Crippen LogP contribution >= 0.6 is 0 Å². The van der Waals surface area contributed by atoms with Gasteiger partial charge in [0, 0.05) is 0 Å². The Bertz CT molecular complexity index is 187. The minimum atomic E-state index is 0.620. The molecular formula is C10H16O. The van der Waals surface area contributed by atoms with Crippen LogP contribution in [0.25, 0.3) is 0 Å². The Morgan fingerprint density at radius 3 is 2.64 bits per heavy atom. The molecule has 0 atom stereocenters. The van der Waals surface area contributed by atoms with Gasteiger partial charge in [0.25, 0.3) is 0 Å². The summed E-state index contributed by atoms with van der Waals surface area (Å²) in [5.74, 6) is 1.70. The lowest BCUT2D eigenvalue weighted by Crippen LogP contribution is -2.02. The molecular weight excluding hydrogens is 136 g/mol. The highest BCUT2D eigenvalue weighted by atomic mass is 16.5. The summed E-state index contributed by atoms with van der Waals surface area (Å²) < 4.78 is 5.26. The van der Waals surface area contributed by atoms with Crippen molar-refractivity contribution >= 4 is 0 Å². The van der Waals surface area contributed by atoms with E-state index in [0.717, 1.165) is 12.2 Å². The molecule has 0 radical (unpaired) electrons. The number of methoxy groups -OCH3 is 1. The smallest absolute Gasteiger partial charge is 0.118 e. The lowest BCUT2D eigenvalue weighted by atomic mass is 9.94. The van der Waals surface area contributed by atoms with Crippen LogP contribution in [0.2, 0.25) is 0 Å². The zero-order valence-electron chi connectivity index (χ0n) is 7.55. The van der Waals surface area contributed by atoms with Crippen LogP contribution in [0.5, 0.6) is 0 Å². The van der Waals surface area contributed by atoms with E-state index >= 15 is 0 Å². The molecule has 0 aromatic rings. The van der Waals surface area contributed by atoms with E-state index in [1.165, 1.54) is 12.0 Å². The van der Waals surface area contributed by atoms with Gasteiger partial charge in [-0.3, -0.25) is 0 Å². The summed E-state index contributed by atoms with van der Waals surface area (Å²) >= 11 is 0. The van der Waals surface area contributed by atoms with E-state index in [1.54, 1.807) is 7.11 Å². The van der Waals surface area contributed by atoms with Crippen LogP contribution in [0.4, 0.5) is 0 Å². The van der Waals surface area contributed by atoms with E-state index in [-0.39, 0.29) is 0 Å². The fourth-order valence-electron chi connectivity index (χ4n) is 1.43. The van der Waals surface area contributed by atoms with Crippen molar-refractivity contribution in [2.45, 2.75) is 26.7 Å². The Balaban J connectivity index is 2.82. The largest absolute Gasteiger partial charge is 0.497 e. The fourth-order valence-corrected chi connectivity index (χ4v) is 1.43. The second kappa shape index (κ2) is 3.61. The summed E-state index contributed by atoms with van der Waals surface area (Å²) in [5.41, 5.74) is 1.45. The van der Waals surface area contributed by atoms with Gasteiger partial charge >= 0.3 is 0 Å². The molecule has 0 heterocycles. The van der Waals surface area contributed by atoms with Crippen molar-refractivity contribution in [3.63, 3.8) is 0 Å². The summed E-state index contributed by atoms with van der Waals surface area (Å²) in [6.07, 6.45) is 6.58. The van der Waals surface area contributed by atoms with Crippen LogP contribution in [0.1, 0.15) is 26.7 Å². The summed E-state index contributed by atoms with van der Waals surface area (Å²) in [5, 5.41) is 0. The molecule has 0 spiro atoms. The first-order valence-electron chi connectivity index (χ1n) is 4.19. The Kier molecular flexibility index (Phi) is 2.75. The van der Waals surface area contributed by atoms with Gasteiger partial charge in [0.1, 0.15) is 5.76 Å². The van der Waals surface area contributed by atoms with Crippen molar-refractivity contribution in [1.29, 1.82) is 0 Å². The van der Waals surface area contributed by atoms with Crippen molar-refractivity contribution < 1.29 is 4.74 Å². The van der Waals surface area contributed by atoms with Gasteiger partial charge in [0.05, 0.1) is 7.11 Å². The average Bonchev–Trinajstić information content (AvgIpc) is 2.04. The Morgan fingerprint density at radius 1 is 1.45 bits per heavy atom. The van der Waals surface area contributed by atoms with Gasteiger partial charge in [-0.05, 0) is 30.4 Å². The highest BCUT2D eigenvalue weighted by molar-refractivity contribution is 5.25. The second-order valence-corrected chi connectivity index (χ2v) is 3.19. The van der Waals surface area contributed by atoms with E-state index in [0.29, 0.717) is 5.92 Å². The van der Waals surface area contributed by atoms with E-state index in [4.69, 9.17) is 4.74 Å². The summed E-state index contributed by atoms with van der Waals surface area (Å²) in [6.45, 7) is 4.43. The highest BCUT2D eigenvalue weighted by Crippen LogP contribution is 2.25. The van der Waals surface area contributed by atoms with E-state index in [9.17, 15) is 0 Å². The second-order valence-electron chi connectivity index (χ2n) is 3.19. The monoisotopic (exact) mass is 152 g/mol. The standard InChI is InChI=1S/C10H16O/c1-8(2)9-6-4-5-7-10(9)11-3/h5,7-8H,4,6H2,1-3H3. The molecule has 1 heteroatoms. The minimum absolute atomic E-state index is 0.620. The maximum Gasteiger partial charge on any atom is 0.118 e. The SMILES string of the molecule is COC1=C(C(C)C)CCC=C1. The quantitative estimate of drug-likeness (QED) is 0.591. The van der Waals surface area contributed by atoms with Gasteiger partial charge in [-0.15, -0.1) is 0 Å². The fraction of sp³-hybridized carbons (Fsp3) is 0.600. The summed E-state index contributed by atoms with van der Waals surface area (Å²) in [7, 11) is 1.74. The first-order chi connectivity index (χ1) is 5.25. The van der Waals surface area contributed by atoms with Crippen LogP contribution in [-0.4, -0.2) is 7.11 Å². The maximum absolute atomic E-state index is 5.26. The maximum atomic E-state index is 5.26. The van der Waals surface area contributed by atoms with Gasteiger partial charge in [-0.2, -0.15) is 0 Å². The van der Waals surface area contributed by atoms with Crippen molar-refractivity contribution in [2.75, 3.05) is 7.11 Å². The topological polar surface area (TPSA) is 9.23 Å². The molecule has 1 aliphatic carbocycles. The Hall–Kier alpha value is -0.720. The molecule has 0 amide bonds. The molecule has 0 aromatic heterocycles.